The highest BCUT2D eigenvalue weighted by atomic mass is 19.3. The highest BCUT2D eigenvalue weighted by molar-refractivity contribution is 5.79. The molecule has 4 rings (SSSR count). The second-order valence-corrected chi connectivity index (χ2v) is 7.19. The topological polar surface area (TPSA) is 62.2 Å². The number of amides is 1. The minimum absolute atomic E-state index is 0.0900. The molecule has 0 unspecified atom stereocenters. The van der Waals surface area contributed by atoms with Crippen LogP contribution in [0.1, 0.15) is 18.4 Å². The summed E-state index contributed by atoms with van der Waals surface area (Å²) in [6, 6.07) is 5.12. The standard InChI is InChI=1S/C18H22F2N2O4/c19-18(20)3-5-21(6-4-18)13-9-22(10-14(13)23)17(24)8-12-1-2-15-16(7-12)26-11-25-15/h1-2,7,13-14,23H,3-6,8-11H2/t13-,14-/m0/s1. The molecule has 0 saturated carbocycles. The van der Waals surface area contributed by atoms with E-state index in [0.29, 0.717) is 18.0 Å². The van der Waals surface area contributed by atoms with E-state index in [1.807, 2.05) is 11.0 Å². The third-order valence-electron chi connectivity index (χ3n) is 5.40. The summed E-state index contributed by atoms with van der Waals surface area (Å²) < 4.78 is 37.2. The first-order valence-corrected chi connectivity index (χ1v) is 8.87. The van der Waals surface area contributed by atoms with Crippen LogP contribution in [0, 0.1) is 0 Å². The van der Waals surface area contributed by atoms with E-state index in [1.165, 1.54) is 0 Å². The van der Waals surface area contributed by atoms with E-state index in [-0.39, 0.29) is 57.6 Å². The van der Waals surface area contributed by atoms with E-state index in [4.69, 9.17) is 9.47 Å². The van der Waals surface area contributed by atoms with Crippen LogP contribution in [-0.2, 0) is 11.2 Å². The molecule has 2 fully saturated rings. The van der Waals surface area contributed by atoms with Crippen LogP contribution < -0.4 is 9.47 Å². The Morgan fingerprint density at radius 3 is 2.69 bits per heavy atom. The fraction of sp³-hybridized carbons (Fsp3) is 0.611. The summed E-state index contributed by atoms with van der Waals surface area (Å²) >= 11 is 0. The highest BCUT2D eigenvalue weighted by Gasteiger charge is 2.42. The van der Waals surface area contributed by atoms with Crippen molar-refractivity contribution in [3.63, 3.8) is 0 Å². The van der Waals surface area contributed by atoms with Crippen LogP contribution in [0.4, 0.5) is 8.78 Å². The summed E-state index contributed by atoms with van der Waals surface area (Å²) in [6.07, 6.45) is -0.890. The van der Waals surface area contributed by atoms with Gasteiger partial charge in [0.15, 0.2) is 11.5 Å². The molecule has 1 aromatic rings. The van der Waals surface area contributed by atoms with Gasteiger partial charge in [0.25, 0.3) is 5.92 Å². The number of fused-ring (bicyclic) bond motifs is 1. The van der Waals surface area contributed by atoms with Crippen LogP contribution in [0.25, 0.3) is 0 Å². The van der Waals surface area contributed by atoms with Crippen LogP contribution in [0.2, 0.25) is 0 Å². The fourth-order valence-electron chi connectivity index (χ4n) is 3.85. The molecule has 8 heteroatoms. The lowest BCUT2D eigenvalue weighted by molar-refractivity contribution is -0.130. The van der Waals surface area contributed by atoms with Crippen molar-refractivity contribution in [3.05, 3.63) is 23.8 Å². The minimum Gasteiger partial charge on any atom is -0.454 e. The number of nitrogens with zero attached hydrogens (tertiary/aromatic N) is 2. The molecule has 3 aliphatic rings. The van der Waals surface area contributed by atoms with Gasteiger partial charge in [-0.05, 0) is 17.7 Å². The largest absolute Gasteiger partial charge is 0.454 e. The maximum atomic E-state index is 13.3. The van der Waals surface area contributed by atoms with Crippen LogP contribution in [0.5, 0.6) is 11.5 Å². The molecule has 0 radical (unpaired) electrons. The SMILES string of the molecule is O=C(Cc1ccc2c(c1)OCO2)N1C[C@H](O)[C@@H](N2CCC(F)(F)CC2)C1. The van der Waals surface area contributed by atoms with Gasteiger partial charge >= 0.3 is 0 Å². The normalized spacial score (nSPS) is 27.7. The van der Waals surface area contributed by atoms with Crippen molar-refractivity contribution in [1.82, 2.24) is 9.80 Å². The second-order valence-electron chi connectivity index (χ2n) is 7.19. The lowest BCUT2D eigenvalue weighted by atomic mass is 10.0. The molecule has 26 heavy (non-hydrogen) atoms. The molecule has 0 aliphatic carbocycles. The summed E-state index contributed by atoms with van der Waals surface area (Å²) in [7, 11) is 0. The predicted molar refractivity (Wildman–Crippen MR) is 88.4 cm³/mol. The molecule has 1 N–H and O–H groups in total. The zero-order valence-electron chi connectivity index (χ0n) is 14.4. The number of aliphatic hydroxyl groups excluding tert-OH is 1. The van der Waals surface area contributed by atoms with Crippen molar-refractivity contribution >= 4 is 5.91 Å². The van der Waals surface area contributed by atoms with Gasteiger partial charge < -0.3 is 19.5 Å². The Bertz CT molecular complexity index is 690. The Labute approximate surface area is 150 Å². The van der Waals surface area contributed by atoms with Crippen molar-refractivity contribution in [2.45, 2.75) is 37.3 Å². The van der Waals surface area contributed by atoms with Gasteiger partial charge in [0.2, 0.25) is 12.7 Å². The van der Waals surface area contributed by atoms with E-state index in [0.717, 1.165) is 5.56 Å². The molecule has 142 valence electrons. The molecular weight excluding hydrogens is 346 g/mol. The molecule has 3 aliphatic heterocycles. The van der Waals surface area contributed by atoms with Crippen molar-refractivity contribution in [3.8, 4) is 11.5 Å². The van der Waals surface area contributed by atoms with Crippen LogP contribution in [-0.4, -0.2) is 71.9 Å². The van der Waals surface area contributed by atoms with E-state index >= 15 is 0 Å². The van der Waals surface area contributed by atoms with Crippen molar-refractivity contribution in [2.75, 3.05) is 33.0 Å². The fourth-order valence-corrected chi connectivity index (χ4v) is 3.85. The third-order valence-corrected chi connectivity index (χ3v) is 5.40. The lowest BCUT2D eigenvalue weighted by Crippen LogP contribution is -2.49. The van der Waals surface area contributed by atoms with E-state index in [9.17, 15) is 18.7 Å². The van der Waals surface area contributed by atoms with E-state index in [2.05, 4.69) is 0 Å². The van der Waals surface area contributed by atoms with Gasteiger partial charge in [-0.2, -0.15) is 0 Å². The number of piperidine rings is 1. The Hall–Kier alpha value is -1.93. The Balaban J connectivity index is 1.36. The summed E-state index contributed by atoms with van der Waals surface area (Å²) in [5.74, 6) is -1.41. The molecule has 1 aromatic carbocycles. The van der Waals surface area contributed by atoms with Crippen molar-refractivity contribution < 1.29 is 28.2 Å². The molecule has 0 spiro atoms. The first kappa shape index (κ1) is 17.5. The maximum Gasteiger partial charge on any atom is 0.250 e. The highest BCUT2D eigenvalue weighted by Crippen LogP contribution is 2.33. The number of alkyl halides is 2. The monoisotopic (exact) mass is 368 g/mol. The number of halogens is 2. The first-order chi connectivity index (χ1) is 12.4. The average molecular weight is 368 g/mol. The zero-order valence-corrected chi connectivity index (χ0v) is 14.4. The zero-order chi connectivity index (χ0) is 18.3. The molecule has 0 bridgehead atoms. The number of aliphatic hydroxyl groups is 1. The van der Waals surface area contributed by atoms with Gasteiger partial charge in [0.05, 0.1) is 18.6 Å². The first-order valence-electron chi connectivity index (χ1n) is 8.87. The van der Waals surface area contributed by atoms with E-state index < -0.39 is 12.0 Å². The van der Waals surface area contributed by atoms with E-state index in [1.54, 1.807) is 17.0 Å². The summed E-state index contributed by atoms with van der Waals surface area (Å²) in [6.45, 7) is 1.29. The van der Waals surface area contributed by atoms with Gasteiger partial charge in [0.1, 0.15) is 0 Å². The Morgan fingerprint density at radius 2 is 1.92 bits per heavy atom. The van der Waals surface area contributed by atoms with Crippen molar-refractivity contribution in [2.24, 2.45) is 0 Å². The molecule has 1 amide bonds. The number of β-amino-alcohol motifs (C(OH)–C–C–N with tert-alkyl or cyclic N) is 1. The number of likely N-dealkylation sites (tertiary alicyclic amines) is 2. The Kier molecular flexibility index (Phi) is 4.48. The smallest absolute Gasteiger partial charge is 0.250 e. The predicted octanol–water partition coefficient (Wildman–Crippen LogP) is 1.26. The van der Waals surface area contributed by atoms with Gasteiger partial charge in [-0.15, -0.1) is 0 Å². The summed E-state index contributed by atoms with van der Waals surface area (Å²) in [5, 5.41) is 10.3. The van der Waals surface area contributed by atoms with Gasteiger partial charge in [-0.1, -0.05) is 6.07 Å². The number of hydrogen-bond donors (Lipinski definition) is 1. The van der Waals surface area contributed by atoms with Gasteiger partial charge in [0, 0.05) is 39.0 Å². The summed E-state index contributed by atoms with van der Waals surface area (Å²) in [4.78, 5) is 16.1. The minimum atomic E-state index is -2.62. The molecule has 3 heterocycles. The van der Waals surface area contributed by atoms with Gasteiger partial charge in [-0.3, -0.25) is 9.69 Å². The Morgan fingerprint density at radius 1 is 1.19 bits per heavy atom. The molecule has 0 aromatic heterocycles. The number of rotatable bonds is 3. The van der Waals surface area contributed by atoms with Gasteiger partial charge in [-0.25, -0.2) is 8.78 Å². The number of carbonyl (C=O) groups excluding carboxylic acids is 1. The number of carbonyl (C=O) groups is 1. The van der Waals surface area contributed by atoms with Crippen molar-refractivity contribution in [1.29, 1.82) is 0 Å². The summed E-state index contributed by atoms with van der Waals surface area (Å²) in [5.41, 5.74) is 0.815. The van der Waals surface area contributed by atoms with Crippen LogP contribution >= 0.6 is 0 Å². The number of hydrogen-bond acceptors (Lipinski definition) is 5. The average Bonchev–Trinajstić information content (AvgIpc) is 3.21. The van der Waals surface area contributed by atoms with Crippen LogP contribution in [0.15, 0.2) is 18.2 Å². The third kappa shape index (κ3) is 3.48. The number of benzene rings is 1. The molecule has 6 nitrogen and oxygen atoms in total. The maximum absolute atomic E-state index is 13.3. The lowest BCUT2D eigenvalue weighted by Gasteiger charge is -2.36. The molecule has 2 saturated heterocycles. The molecular formula is C18H22F2N2O4. The second kappa shape index (κ2) is 6.66. The molecule has 2 atom stereocenters. The number of ether oxygens (including phenoxy) is 2. The van der Waals surface area contributed by atoms with Crippen LogP contribution in [0.3, 0.4) is 0 Å². The quantitative estimate of drug-likeness (QED) is 0.871.